The van der Waals surface area contributed by atoms with Crippen molar-refractivity contribution in [2.24, 2.45) is 0 Å². The van der Waals surface area contributed by atoms with Gasteiger partial charge in [0.2, 0.25) is 11.6 Å². The molecule has 0 saturated carbocycles. The predicted molar refractivity (Wildman–Crippen MR) is 83.9 cm³/mol. The van der Waals surface area contributed by atoms with Crippen LogP contribution in [0.5, 0.6) is 5.75 Å². The van der Waals surface area contributed by atoms with Crippen LogP contribution in [-0.2, 0) is 17.6 Å². The summed E-state index contributed by atoms with van der Waals surface area (Å²) in [7, 11) is 1.60. The number of ether oxygens (including phenoxy) is 1. The maximum atomic E-state index is 12.1. The molecule has 0 aliphatic rings. The second-order valence-corrected chi connectivity index (χ2v) is 5.15. The number of benzene rings is 1. The summed E-state index contributed by atoms with van der Waals surface area (Å²) in [6, 6.07) is 9.27. The zero-order valence-corrected chi connectivity index (χ0v) is 13.0. The molecule has 0 aliphatic carbocycles. The zero-order valence-electron chi connectivity index (χ0n) is 13.0. The van der Waals surface area contributed by atoms with Gasteiger partial charge in [0.25, 0.3) is 5.78 Å². The average Bonchev–Trinajstić information content (AvgIpc) is 3.27. The number of methoxy groups -OCH3 is 1. The van der Waals surface area contributed by atoms with Crippen LogP contribution in [0.4, 0.5) is 0 Å². The molecular formula is C17H15N3O4. The molecule has 3 rings (SSSR count). The number of carbonyl (C=O) groups excluding carboxylic acids is 2. The van der Waals surface area contributed by atoms with Crippen LogP contribution in [0.2, 0.25) is 0 Å². The standard InChI is InChI=1S/C17H15N3O4/c1-23-13-4-2-3-11(7-13)8-15-12(5-6-24-15)9-14(21)16(22)17-18-10-19-20-17/h2-7,10H,8-9H2,1H3,(H,18,19,20). The lowest BCUT2D eigenvalue weighted by molar-refractivity contribution is -0.114. The lowest BCUT2D eigenvalue weighted by atomic mass is 10.0. The number of nitrogens with one attached hydrogen (secondary N) is 1. The van der Waals surface area contributed by atoms with Crippen LogP contribution in [0.15, 0.2) is 47.3 Å². The minimum absolute atomic E-state index is 0.0524. The van der Waals surface area contributed by atoms with E-state index in [9.17, 15) is 9.59 Å². The molecule has 2 aromatic heterocycles. The Morgan fingerprint density at radius 2 is 2.17 bits per heavy atom. The highest BCUT2D eigenvalue weighted by atomic mass is 16.5. The molecule has 0 unspecified atom stereocenters. The highest BCUT2D eigenvalue weighted by Crippen LogP contribution is 2.20. The van der Waals surface area contributed by atoms with E-state index < -0.39 is 11.6 Å². The van der Waals surface area contributed by atoms with Crippen molar-refractivity contribution >= 4 is 11.6 Å². The van der Waals surface area contributed by atoms with Crippen LogP contribution in [0, 0.1) is 0 Å². The monoisotopic (exact) mass is 325 g/mol. The van der Waals surface area contributed by atoms with E-state index in [-0.39, 0.29) is 12.2 Å². The molecule has 0 atom stereocenters. The Morgan fingerprint density at radius 1 is 1.29 bits per heavy atom. The maximum absolute atomic E-state index is 12.1. The highest BCUT2D eigenvalue weighted by molar-refractivity contribution is 6.43. The van der Waals surface area contributed by atoms with Crippen molar-refractivity contribution in [3.63, 3.8) is 0 Å². The molecule has 0 aliphatic heterocycles. The first-order valence-corrected chi connectivity index (χ1v) is 7.29. The summed E-state index contributed by atoms with van der Waals surface area (Å²) >= 11 is 0. The molecule has 0 spiro atoms. The molecule has 1 aromatic carbocycles. The Labute approximate surface area is 137 Å². The smallest absolute Gasteiger partial charge is 0.267 e. The molecule has 0 bridgehead atoms. The fourth-order valence-corrected chi connectivity index (χ4v) is 2.34. The molecule has 0 saturated heterocycles. The summed E-state index contributed by atoms with van der Waals surface area (Å²) < 4.78 is 10.7. The molecule has 3 aromatic rings. The molecule has 24 heavy (non-hydrogen) atoms. The minimum Gasteiger partial charge on any atom is -0.497 e. The lowest BCUT2D eigenvalue weighted by Crippen LogP contribution is -2.18. The number of aromatic nitrogens is 3. The van der Waals surface area contributed by atoms with Gasteiger partial charge in [-0.15, -0.1) is 5.10 Å². The van der Waals surface area contributed by atoms with E-state index in [1.807, 2.05) is 24.3 Å². The second kappa shape index (κ2) is 6.91. The number of hydrogen-bond donors (Lipinski definition) is 1. The van der Waals surface area contributed by atoms with Crippen molar-refractivity contribution in [2.45, 2.75) is 12.8 Å². The largest absolute Gasteiger partial charge is 0.497 e. The molecule has 0 amide bonds. The van der Waals surface area contributed by atoms with Crippen molar-refractivity contribution in [3.8, 4) is 5.75 Å². The summed E-state index contributed by atoms with van der Waals surface area (Å²) in [5, 5.41) is 6.05. The highest BCUT2D eigenvalue weighted by Gasteiger charge is 2.22. The Morgan fingerprint density at radius 3 is 2.92 bits per heavy atom. The van der Waals surface area contributed by atoms with Gasteiger partial charge < -0.3 is 9.15 Å². The van der Waals surface area contributed by atoms with E-state index in [2.05, 4.69) is 15.2 Å². The normalized spacial score (nSPS) is 10.5. The first-order valence-electron chi connectivity index (χ1n) is 7.29. The quantitative estimate of drug-likeness (QED) is 0.527. The minimum atomic E-state index is -0.718. The molecule has 7 nitrogen and oxygen atoms in total. The van der Waals surface area contributed by atoms with Gasteiger partial charge in [0.15, 0.2) is 0 Å². The third kappa shape index (κ3) is 3.40. The van der Waals surface area contributed by atoms with Gasteiger partial charge in [0.1, 0.15) is 17.8 Å². The lowest BCUT2D eigenvalue weighted by Gasteiger charge is -2.05. The third-order valence-corrected chi connectivity index (χ3v) is 3.56. The summed E-state index contributed by atoms with van der Waals surface area (Å²) in [5.74, 6) is -0.0404. The van der Waals surface area contributed by atoms with Crippen molar-refractivity contribution in [3.05, 3.63) is 65.6 Å². The van der Waals surface area contributed by atoms with Crippen LogP contribution >= 0.6 is 0 Å². The number of hydrogen-bond acceptors (Lipinski definition) is 6. The Hall–Kier alpha value is -3.22. The van der Waals surface area contributed by atoms with Gasteiger partial charge in [-0.25, -0.2) is 4.98 Å². The van der Waals surface area contributed by atoms with Gasteiger partial charge in [-0.05, 0) is 23.8 Å². The van der Waals surface area contributed by atoms with E-state index in [1.54, 1.807) is 13.2 Å². The fraction of sp³-hybridized carbons (Fsp3) is 0.176. The van der Waals surface area contributed by atoms with Crippen molar-refractivity contribution in [1.29, 1.82) is 0 Å². The SMILES string of the molecule is COc1cccc(Cc2occc2CC(=O)C(=O)c2nc[nH]n2)c1. The first kappa shape index (κ1) is 15.7. The summed E-state index contributed by atoms with van der Waals surface area (Å²) in [6.07, 6.45) is 3.22. The van der Waals surface area contributed by atoms with Gasteiger partial charge in [0, 0.05) is 18.4 Å². The van der Waals surface area contributed by atoms with E-state index in [4.69, 9.17) is 9.15 Å². The van der Waals surface area contributed by atoms with Gasteiger partial charge in [0.05, 0.1) is 13.4 Å². The van der Waals surface area contributed by atoms with Gasteiger partial charge in [-0.3, -0.25) is 14.7 Å². The van der Waals surface area contributed by atoms with Crippen LogP contribution in [0.25, 0.3) is 0 Å². The van der Waals surface area contributed by atoms with E-state index in [1.165, 1.54) is 12.6 Å². The number of furan rings is 1. The molecule has 2 heterocycles. The molecular weight excluding hydrogens is 310 g/mol. The molecule has 0 fully saturated rings. The van der Waals surface area contributed by atoms with Gasteiger partial charge >= 0.3 is 0 Å². The van der Waals surface area contributed by atoms with Crippen LogP contribution < -0.4 is 4.74 Å². The zero-order chi connectivity index (χ0) is 16.9. The number of carbonyl (C=O) groups is 2. The summed E-state index contributed by atoms with van der Waals surface area (Å²) in [4.78, 5) is 27.8. The van der Waals surface area contributed by atoms with E-state index in [0.717, 1.165) is 11.3 Å². The Balaban J connectivity index is 1.73. The number of ketones is 2. The van der Waals surface area contributed by atoms with Crippen molar-refractivity contribution < 1.29 is 18.7 Å². The second-order valence-electron chi connectivity index (χ2n) is 5.15. The summed E-state index contributed by atoms with van der Waals surface area (Å²) in [5.41, 5.74) is 1.66. The topological polar surface area (TPSA) is 98.1 Å². The average molecular weight is 325 g/mol. The first-order chi connectivity index (χ1) is 11.7. The van der Waals surface area contributed by atoms with Crippen molar-refractivity contribution in [2.75, 3.05) is 7.11 Å². The van der Waals surface area contributed by atoms with E-state index in [0.29, 0.717) is 17.7 Å². The maximum Gasteiger partial charge on any atom is 0.267 e. The molecule has 7 heteroatoms. The Bertz CT molecular complexity index is 852. The predicted octanol–water partition coefficient (Wildman–Crippen LogP) is 1.99. The number of H-pyrrole nitrogens is 1. The molecule has 122 valence electrons. The Kier molecular flexibility index (Phi) is 4.51. The van der Waals surface area contributed by atoms with Gasteiger partial charge in [-0.2, -0.15) is 0 Å². The van der Waals surface area contributed by atoms with Crippen LogP contribution in [0.1, 0.15) is 27.5 Å². The fourth-order valence-electron chi connectivity index (χ4n) is 2.34. The van der Waals surface area contributed by atoms with Crippen LogP contribution in [-0.4, -0.2) is 33.9 Å². The number of Topliss-reactive ketones (excluding diaryl/α,β-unsaturated/α-hetero) is 2. The number of nitrogens with zero attached hydrogens (tertiary/aromatic N) is 2. The van der Waals surface area contributed by atoms with E-state index >= 15 is 0 Å². The number of aromatic amines is 1. The van der Waals surface area contributed by atoms with Crippen molar-refractivity contribution in [1.82, 2.24) is 15.2 Å². The molecule has 1 N–H and O–H groups in total. The summed E-state index contributed by atoms with van der Waals surface area (Å²) in [6.45, 7) is 0. The van der Waals surface area contributed by atoms with Gasteiger partial charge in [-0.1, -0.05) is 12.1 Å². The third-order valence-electron chi connectivity index (χ3n) is 3.56. The molecule has 0 radical (unpaired) electrons. The number of rotatable bonds is 7. The van der Waals surface area contributed by atoms with Crippen LogP contribution in [0.3, 0.4) is 0 Å².